The number of ether oxygens (including phenoxy) is 1. The van der Waals surface area contributed by atoms with E-state index in [0.717, 1.165) is 0 Å². The van der Waals surface area contributed by atoms with Crippen molar-refractivity contribution in [3.8, 4) is 0 Å². The van der Waals surface area contributed by atoms with E-state index in [4.69, 9.17) is 4.74 Å². The molecule has 1 aliphatic rings. The summed E-state index contributed by atoms with van der Waals surface area (Å²) in [7, 11) is 0. The predicted molar refractivity (Wildman–Crippen MR) is 68.3 cm³/mol. The fraction of sp³-hybridized carbons (Fsp3) is 0.462. The lowest BCUT2D eigenvalue weighted by Gasteiger charge is -2.20. The van der Waals surface area contributed by atoms with Crippen LogP contribution >= 0.6 is 0 Å². The standard InChI is InChI=1S/C13H17FN2O3/c14-10-3-1-2-4-11(10)16-12(17)7-15-8-13(18)5-6-19-9-13/h1-4,15,18H,5-9H2,(H,16,17). The van der Waals surface area contributed by atoms with Crippen molar-refractivity contribution < 1.29 is 19.0 Å². The van der Waals surface area contributed by atoms with Gasteiger partial charge in [-0.15, -0.1) is 0 Å². The van der Waals surface area contributed by atoms with Crippen molar-refractivity contribution in [2.75, 3.05) is 31.6 Å². The van der Waals surface area contributed by atoms with Gasteiger partial charge in [0.05, 0.1) is 18.8 Å². The topological polar surface area (TPSA) is 70.6 Å². The molecule has 1 amide bonds. The molecule has 104 valence electrons. The third-order valence-electron chi connectivity index (χ3n) is 2.97. The smallest absolute Gasteiger partial charge is 0.238 e. The van der Waals surface area contributed by atoms with Crippen molar-refractivity contribution in [1.29, 1.82) is 0 Å². The second kappa shape index (κ2) is 6.10. The van der Waals surface area contributed by atoms with E-state index in [2.05, 4.69) is 10.6 Å². The first kappa shape index (κ1) is 13.9. The molecule has 0 bridgehead atoms. The van der Waals surface area contributed by atoms with Gasteiger partial charge in [0.15, 0.2) is 0 Å². The minimum Gasteiger partial charge on any atom is -0.386 e. The molecule has 0 spiro atoms. The Morgan fingerprint density at radius 3 is 2.95 bits per heavy atom. The van der Waals surface area contributed by atoms with Gasteiger partial charge in [-0.25, -0.2) is 4.39 Å². The number of amides is 1. The third kappa shape index (κ3) is 3.99. The zero-order chi connectivity index (χ0) is 13.7. The second-order valence-corrected chi connectivity index (χ2v) is 4.66. The van der Waals surface area contributed by atoms with Crippen LogP contribution < -0.4 is 10.6 Å². The van der Waals surface area contributed by atoms with E-state index in [1.54, 1.807) is 12.1 Å². The van der Waals surface area contributed by atoms with Gasteiger partial charge in [-0.2, -0.15) is 0 Å². The Hall–Kier alpha value is -1.50. The number of para-hydroxylation sites is 1. The first-order chi connectivity index (χ1) is 9.09. The highest BCUT2D eigenvalue weighted by Crippen LogP contribution is 2.16. The maximum absolute atomic E-state index is 13.3. The fourth-order valence-electron chi connectivity index (χ4n) is 1.90. The molecule has 1 saturated heterocycles. The summed E-state index contributed by atoms with van der Waals surface area (Å²) in [5.74, 6) is -0.828. The van der Waals surface area contributed by atoms with Gasteiger partial charge in [0.1, 0.15) is 11.4 Å². The molecule has 1 fully saturated rings. The van der Waals surface area contributed by atoms with E-state index in [9.17, 15) is 14.3 Å². The van der Waals surface area contributed by atoms with Crippen molar-refractivity contribution in [3.63, 3.8) is 0 Å². The Morgan fingerprint density at radius 2 is 2.26 bits per heavy atom. The molecule has 2 rings (SSSR count). The van der Waals surface area contributed by atoms with Crippen molar-refractivity contribution >= 4 is 11.6 Å². The Labute approximate surface area is 110 Å². The normalized spacial score (nSPS) is 22.4. The van der Waals surface area contributed by atoms with Crippen LogP contribution in [0.1, 0.15) is 6.42 Å². The van der Waals surface area contributed by atoms with Gasteiger partial charge in [-0.1, -0.05) is 12.1 Å². The summed E-state index contributed by atoms with van der Waals surface area (Å²) in [4.78, 5) is 11.6. The molecule has 0 aromatic heterocycles. The lowest BCUT2D eigenvalue weighted by molar-refractivity contribution is -0.115. The number of hydrogen-bond acceptors (Lipinski definition) is 4. The number of carbonyl (C=O) groups excluding carboxylic acids is 1. The summed E-state index contributed by atoms with van der Waals surface area (Å²) in [5, 5.41) is 15.3. The van der Waals surface area contributed by atoms with Gasteiger partial charge in [0.2, 0.25) is 5.91 Å². The summed E-state index contributed by atoms with van der Waals surface area (Å²) < 4.78 is 18.4. The van der Waals surface area contributed by atoms with Crippen LogP contribution in [0.15, 0.2) is 24.3 Å². The van der Waals surface area contributed by atoms with E-state index < -0.39 is 11.4 Å². The molecule has 1 unspecified atom stereocenters. The first-order valence-corrected chi connectivity index (χ1v) is 6.14. The van der Waals surface area contributed by atoms with Crippen LogP contribution in [0.25, 0.3) is 0 Å². The van der Waals surface area contributed by atoms with E-state index in [-0.39, 0.29) is 31.3 Å². The van der Waals surface area contributed by atoms with Crippen LogP contribution in [0.3, 0.4) is 0 Å². The Bertz CT molecular complexity index is 447. The minimum atomic E-state index is -0.904. The maximum Gasteiger partial charge on any atom is 0.238 e. The maximum atomic E-state index is 13.3. The molecule has 1 aromatic rings. The molecule has 19 heavy (non-hydrogen) atoms. The molecule has 1 aromatic carbocycles. The molecule has 0 aliphatic carbocycles. The lowest BCUT2D eigenvalue weighted by Crippen LogP contribution is -2.43. The average molecular weight is 268 g/mol. The Balaban J connectivity index is 1.74. The molecular weight excluding hydrogens is 251 g/mol. The number of benzene rings is 1. The SMILES string of the molecule is O=C(CNCC1(O)CCOC1)Nc1ccccc1F. The highest BCUT2D eigenvalue weighted by molar-refractivity contribution is 5.92. The van der Waals surface area contributed by atoms with Gasteiger partial charge >= 0.3 is 0 Å². The quantitative estimate of drug-likeness (QED) is 0.727. The van der Waals surface area contributed by atoms with Crippen molar-refractivity contribution in [3.05, 3.63) is 30.1 Å². The molecule has 1 aliphatic heterocycles. The van der Waals surface area contributed by atoms with Crippen LogP contribution in [-0.2, 0) is 9.53 Å². The van der Waals surface area contributed by atoms with Gasteiger partial charge in [-0.3, -0.25) is 4.79 Å². The zero-order valence-corrected chi connectivity index (χ0v) is 10.5. The van der Waals surface area contributed by atoms with Crippen LogP contribution in [0, 0.1) is 5.82 Å². The highest BCUT2D eigenvalue weighted by Gasteiger charge is 2.31. The fourth-order valence-corrected chi connectivity index (χ4v) is 1.90. The largest absolute Gasteiger partial charge is 0.386 e. The number of nitrogens with one attached hydrogen (secondary N) is 2. The third-order valence-corrected chi connectivity index (χ3v) is 2.97. The van der Waals surface area contributed by atoms with E-state index >= 15 is 0 Å². The molecule has 1 atom stereocenters. The number of rotatable bonds is 5. The van der Waals surface area contributed by atoms with E-state index in [1.807, 2.05) is 0 Å². The van der Waals surface area contributed by atoms with Gasteiger partial charge < -0.3 is 20.5 Å². The monoisotopic (exact) mass is 268 g/mol. The molecule has 0 radical (unpaired) electrons. The van der Waals surface area contributed by atoms with Gasteiger partial charge in [0, 0.05) is 19.6 Å². The molecular formula is C13H17FN2O3. The van der Waals surface area contributed by atoms with Gasteiger partial charge in [0.25, 0.3) is 0 Å². The van der Waals surface area contributed by atoms with Gasteiger partial charge in [-0.05, 0) is 12.1 Å². The number of carbonyl (C=O) groups is 1. The minimum absolute atomic E-state index is 0.0106. The Kier molecular flexibility index (Phi) is 4.47. The number of anilines is 1. The molecule has 1 heterocycles. The summed E-state index contributed by atoms with van der Waals surface area (Å²) in [5.41, 5.74) is -0.754. The number of hydrogen-bond donors (Lipinski definition) is 3. The van der Waals surface area contributed by atoms with Crippen molar-refractivity contribution in [2.45, 2.75) is 12.0 Å². The lowest BCUT2D eigenvalue weighted by atomic mass is 10.0. The molecule has 6 heteroatoms. The predicted octanol–water partition coefficient (Wildman–Crippen LogP) is 0.505. The van der Waals surface area contributed by atoms with E-state index in [1.165, 1.54) is 12.1 Å². The molecule has 5 nitrogen and oxygen atoms in total. The highest BCUT2D eigenvalue weighted by atomic mass is 19.1. The second-order valence-electron chi connectivity index (χ2n) is 4.66. The number of aliphatic hydroxyl groups is 1. The summed E-state index contributed by atoms with van der Waals surface area (Å²) in [6, 6.07) is 5.97. The molecule has 3 N–H and O–H groups in total. The first-order valence-electron chi connectivity index (χ1n) is 6.14. The van der Waals surface area contributed by atoms with Crippen LogP contribution in [-0.4, -0.2) is 42.9 Å². The van der Waals surface area contributed by atoms with Crippen molar-refractivity contribution in [1.82, 2.24) is 5.32 Å². The van der Waals surface area contributed by atoms with Crippen molar-refractivity contribution in [2.24, 2.45) is 0 Å². The van der Waals surface area contributed by atoms with Crippen LogP contribution in [0.2, 0.25) is 0 Å². The summed E-state index contributed by atoms with van der Waals surface area (Å²) >= 11 is 0. The Morgan fingerprint density at radius 1 is 1.47 bits per heavy atom. The average Bonchev–Trinajstić information content (AvgIpc) is 2.79. The summed E-state index contributed by atoms with van der Waals surface area (Å²) in [6.45, 7) is 1.09. The van der Waals surface area contributed by atoms with Crippen LogP contribution in [0.5, 0.6) is 0 Å². The number of halogens is 1. The summed E-state index contributed by atoms with van der Waals surface area (Å²) in [6.07, 6.45) is 0.551. The van der Waals surface area contributed by atoms with E-state index in [0.29, 0.717) is 13.0 Å². The zero-order valence-electron chi connectivity index (χ0n) is 10.5. The molecule has 0 saturated carbocycles. The van der Waals surface area contributed by atoms with Crippen LogP contribution in [0.4, 0.5) is 10.1 Å².